The zero-order valence-corrected chi connectivity index (χ0v) is 9.91. The highest BCUT2D eigenvalue weighted by Crippen LogP contribution is 2.17. The fourth-order valence-corrected chi connectivity index (χ4v) is 1.57. The molecule has 0 aromatic heterocycles. The molecule has 94 valence electrons. The fraction of sp³-hybridized carbons (Fsp3) is 0.143. The Balaban J connectivity index is 2.02. The van der Waals surface area contributed by atoms with Crippen LogP contribution in [0.3, 0.4) is 0 Å². The third-order valence-electron chi connectivity index (χ3n) is 2.59. The van der Waals surface area contributed by atoms with Crippen LogP contribution in [0.5, 0.6) is 5.75 Å². The van der Waals surface area contributed by atoms with Crippen LogP contribution in [0.2, 0.25) is 0 Å². The molecular weight excluding hydrogens is 236 g/mol. The summed E-state index contributed by atoms with van der Waals surface area (Å²) in [6, 6.07) is 10.8. The number of benzene rings is 2. The molecule has 0 bridgehead atoms. The Labute approximate surface area is 104 Å². The SMILES string of the molecule is COc1ccc(NCc2ccc(F)cc2F)cc1. The molecule has 0 saturated heterocycles. The average molecular weight is 249 g/mol. The predicted octanol–water partition coefficient (Wildman–Crippen LogP) is 3.59. The van der Waals surface area contributed by atoms with Crippen molar-refractivity contribution in [2.45, 2.75) is 6.54 Å². The van der Waals surface area contributed by atoms with Crippen molar-refractivity contribution in [1.29, 1.82) is 0 Å². The van der Waals surface area contributed by atoms with E-state index >= 15 is 0 Å². The first-order valence-electron chi connectivity index (χ1n) is 5.51. The number of hydrogen-bond acceptors (Lipinski definition) is 2. The molecule has 0 aliphatic heterocycles. The largest absolute Gasteiger partial charge is 0.497 e. The number of nitrogens with one attached hydrogen (secondary N) is 1. The van der Waals surface area contributed by atoms with Crippen LogP contribution in [0.1, 0.15) is 5.56 Å². The van der Waals surface area contributed by atoms with Crippen molar-refractivity contribution >= 4 is 5.69 Å². The summed E-state index contributed by atoms with van der Waals surface area (Å²) in [5.74, 6) is -0.356. The molecule has 0 fully saturated rings. The number of rotatable bonds is 4. The van der Waals surface area contributed by atoms with Gasteiger partial charge in [0, 0.05) is 23.9 Å². The molecule has 2 aromatic rings. The van der Waals surface area contributed by atoms with Gasteiger partial charge in [-0.25, -0.2) is 8.78 Å². The van der Waals surface area contributed by atoms with E-state index in [9.17, 15) is 8.78 Å². The molecular formula is C14H13F2NO. The predicted molar refractivity (Wildman–Crippen MR) is 66.7 cm³/mol. The molecule has 2 nitrogen and oxygen atoms in total. The Morgan fingerprint density at radius 2 is 1.78 bits per heavy atom. The lowest BCUT2D eigenvalue weighted by Crippen LogP contribution is -2.02. The highest BCUT2D eigenvalue weighted by Gasteiger charge is 2.03. The van der Waals surface area contributed by atoms with Crippen molar-refractivity contribution in [1.82, 2.24) is 0 Å². The van der Waals surface area contributed by atoms with E-state index in [1.54, 1.807) is 7.11 Å². The second-order valence-electron chi connectivity index (χ2n) is 3.82. The Morgan fingerprint density at radius 3 is 2.39 bits per heavy atom. The Kier molecular flexibility index (Phi) is 3.77. The third-order valence-corrected chi connectivity index (χ3v) is 2.59. The molecule has 0 unspecified atom stereocenters. The molecule has 4 heteroatoms. The molecule has 0 atom stereocenters. The molecule has 0 amide bonds. The topological polar surface area (TPSA) is 21.3 Å². The number of hydrogen-bond donors (Lipinski definition) is 1. The van der Waals surface area contributed by atoms with Crippen LogP contribution in [0.15, 0.2) is 42.5 Å². The molecule has 0 aliphatic carbocycles. The van der Waals surface area contributed by atoms with E-state index in [0.29, 0.717) is 12.1 Å². The van der Waals surface area contributed by atoms with Crippen LogP contribution in [0.25, 0.3) is 0 Å². The molecule has 0 aliphatic rings. The van der Waals surface area contributed by atoms with Gasteiger partial charge in [-0.15, -0.1) is 0 Å². The second kappa shape index (κ2) is 5.49. The Morgan fingerprint density at radius 1 is 1.06 bits per heavy atom. The molecule has 1 N–H and O–H groups in total. The van der Waals surface area contributed by atoms with Crippen molar-refractivity contribution < 1.29 is 13.5 Å². The van der Waals surface area contributed by atoms with Gasteiger partial charge in [-0.2, -0.15) is 0 Å². The van der Waals surface area contributed by atoms with Gasteiger partial charge < -0.3 is 10.1 Å². The van der Waals surface area contributed by atoms with Gasteiger partial charge >= 0.3 is 0 Å². The van der Waals surface area contributed by atoms with Crippen molar-refractivity contribution in [2.75, 3.05) is 12.4 Å². The van der Waals surface area contributed by atoms with E-state index in [1.807, 2.05) is 24.3 Å². The van der Waals surface area contributed by atoms with Crippen molar-refractivity contribution in [2.24, 2.45) is 0 Å². The van der Waals surface area contributed by atoms with E-state index < -0.39 is 11.6 Å². The molecule has 2 rings (SSSR count). The van der Waals surface area contributed by atoms with Gasteiger partial charge in [0.05, 0.1) is 7.11 Å². The van der Waals surface area contributed by atoms with Gasteiger partial charge in [-0.1, -0.05) is 6.07 Å². The van der Waals surface area contributed by atoms with Crippen LogP contribution in [-0.4, -0.2) is 7.11 Å². The minimum absolute atomic E-state index is 0.304. The summed E-state index contributed by atoms with van der Waals surface area (Å²) in [4.78, 5) is 0. The Hall–Kier alpha value is -2.10. The zero-order chi connectivity index (χ0) is 13.0. The highest BCUT2D eigenvalue weighted by molar-refractivity contribution is 5.46. The first kappa shape index (κ1) is 12.4. The summed E-state index contributed by atoms with van der Waals surface area (Å²) in [6.07, 6.45) is 0. The van der Waals surface area contributed by atoms with Gasteiger partial charge in [0.2, 0.25) is 0 Å². The van der Waals surface area contributed by atoms with Crippen molar-refractivity contribution in [3.8, 4) is 5.75 Å². The minimum Gasteiger partial charge on any atom is -0.497 e. The van der Waals surface area contributed by atoms with E-state index in [4.69, 9.17) is 4.74 Å². The average Bonchev–Trinajstić information content (AvgIpc) is 2.38. The molecule has 2 aromatic carbocycles. The molecule has 0 saturated carbocycles. The quantitative estimate of drug-likeness (QED) is 0.894. The summed E-state index contributed by atoms with van der Waals surface area (Å²) in [7, 11) is 1.59. The van der Waals surface area contributed by atoms with Gasteiger partial charge in [0.1, 0.15) is 17.4 Å². The first-order valence-corrected chi connectivity index (χ1v) is 5.51. The smallest absolute Gasteiger partial charge is 0.131 e. The first-order chi connectivity index (χ1) is 8.69. The molecule has 18 heavy (non-hydrogen) atoms. The lowest BCUT2D eigenvalue weighted by Gasteiger charge is -2.08. The maximum Gasteiger partial charge on any atom is 0.131 e. The minimum atomic E-state index is -0.569. The number of anilines is 1. The molecule has 0 radical (unpaired) electrons. The van der Waals surface area contributed by atoms with Crippen molar-refractivity contribution in [3.05, 3.63) is 59.7 Å². The van der Waals surface area contributed by atoms with Crippen LogP contribution in [0.4, 0.5) is 14.5 Å². The number of halogens is 2. The van der Waals surface area contributed by atoms with Crippen LogP contribution in [0, 0.1) is 11.6 Å². The maximum absolute atomic E-state index is 13.4. The van der Waals surface area contributed by atoms with E-state index in [2.05, 4.69) is 5.32 Å². The van der Waals surface area contributed by atoms with Gasteiger partial charge in [-0.05, 0) is 30.3 Å². The summed E-state index contributed by atoms with van der Waals surface area (Å²) < 4.78 is 31.1. The van der Waals surface area contributed by atoms with E-state index in [-0.39, 0.29) is 0 Å². The third kappa shape index (κ3) is 2.97. The number of ether oxygens (including phenoxy) is 1. The Bertz CT molecular complexity index is 526. The van der Waals surface area contributed by atoms with E-state index in [0.717, 1.165) is 17.5 Å². The highest BCUT2D eigenvalue weighted by atomic mass is 19.1. The lowest BCUT2D eigenvalue weighted by atomic mass is 10.2. The normalized spacial score (nSPS) is 10.2. The maximum atomic E-state index is 13.4. The number of methoxy groups -OCH3 is 1. The van der Waals surface area contributed by atoms with Gasteiger partial charge in [0.25, 0.3) is 0 Å². The molecule has 0 spiro atoms. The van der Waals surface area contributed by atoms with Crippen LogP contribution >= 0.6 is 0 Å². The van der Waals surface area contributed by atoms with Crippen molar-refractivity contribution in [3.63, 3.8) is 0 Å². The summed E-state index contributed by atoms with van der Waals surface area (Å²) in [6.45, 7) is 0.304. The van der Waals surface area contributed by atoms with Crippen LogP contribution < -0.4 is 10.1 Å². The standard InChI is InChI=1S/C14H13F2NO/c1-18-13-6-4-12(5-7-13)17-9-10-2-3-11(15)8-14(10)16/h2-8,17H,9H2,1H3. The fourth-order valence-electron chi connectivity index (χ4n) is 1.57. The van der Waals surface area contributed by atoms with Gasteiger partial charge in [0.15, 0.2) is 0 Å². The molecule has 0 heterocycles. The van der Waals surface area contributed by atoms with Gasteiger partial charge in [-0.3, -0.25) is 0 Å². The summed E-state index contributed by atoms with van der Waals surface area (Å²) in [5.41, 5.74) is 1.27. The lowest BCUT2D eigenvalue weighted by molar-refractivity contribution is 0.415. The van der Waals surface area contributed by atoms with E-state index in [1.165, 1.54) is 12.1 Å². The monoisotopic (exact) mass is 249 g/mol. The van der Waals surface area contributed by atoms with Crippen LogP contribution in [-0.2, 0) is 6.54 Å². The zero-order valence-electron chi connectivity index (χ0n) is 9.91. The summed E-state index contributed by atoms with van der Waals surface area (Å²) >= 11 is 0. The second-order valence-corrected chi connectivity index (χ2v) is 3.82. The summed E-state index contributed by atoms with van der Waals surface area (Å²) in [5, 5.41) is 3.05.